The fourth-order valence-electron chi connectivity index (χ4n) is 9.53. The van der Waals surface area contributed by atoms with Crippen LogP contribution in [0, 0.1) is 0 Å². The summed E-state index contributed by atoms with van der Waals surface area (Å²) in [5.41, 5.74) is 0. The van der Waals surface area contributed by atoms with Gasteiger partial charge in [-0.2, -0.15) is 0 Å². The average Bonchev–Trinajstić information content (AvgIpc) is 3.42. The first kappa shape index (κ1) is 72.8. The number of carbonyl (C=O) groups excluding carboxylic acids is 3. The minimum atomic E-state index is -0.779. The molecule has 0 aliphatic rings. The van der Waals surface area contributed by atoms with Crippen LogP contribution in [0.1, 0.15) is 335 Å². The Morgan fingerprint density at radius 1 is 0.276 bits per heavy atom. The van der Waals surface area contributed by atoms with Gasteiger partial charge in [0, 0.05) is 19.3 Å². The first-order valence-electron chi connectivity index (χ1n) is 32.9. The van der Waals surface area contributed by atoms with Crippen molar-refractivity contribution in [2.75, 3.05) is 13.2 Å². The molecule has 76 heavy (non-hydrogen) atoms. The van der Waals surface area contributed by atoms with Crippen molar-refractivity contribution in [2.45, 2.75) is 341 Å². The van der Waals surface area contributed by atoms with Crippen LogP contribution in [0.3, 0.4) is 0 Å². The molecular weight excluding hydrogens is 937 g/mol. The van der Waals surface area contributed by atoms with E-state index in [1.165, 1.54) is 186 Å². The predicted molar refractivity (Wildman–Crippen MR) is 330 cm³/mol. The molecule has 0 heterocycles. The highest BCUT2D eigenvalue weighted by Crippen LogP contribution is 2.17. The van der Waals surface area contributed by atoms with Crippen LogP contribution in [-0.2, 0) is 28.6 Å². The third-order valence-electron chi connectivity index (χ3n) is 14.4. The maximum atomic E-state index is 12.9. The van der Waals surface area contributed by atoms with Crippen molar-refractivity contribution in [3.63, 3.8) is 0 Å². The van der Waals surface area contributed by atoms with Crippen molar-refractivity contribution in [3.8, 4) is 0 Å². The van der Waals surface area contributed by atoms with Gasteiger partial charge in [0.25, 0.3) is 0 Å². The minimum Gasteiger partial charge on any atom is -0.462 e. The fraction of sp³-hybridized carbons (Fsp3) is 0.786. The maximum absolute atomic E-state index is 12.9. The lowest BCUT2D eigenvalue weighted by molar-refractivity contribution is -0.167. The molecule has 0 aromatic carbocycles. The summed E-state index contributed by atoms with van der Waals surface area (Å²) in [6, 6.07) is 0. The highest BCUT2D eigenvalue weighted by atomic mass is 16.6. The smallest absolute Gasteiger partial charge is 0.306 e. The Morgan fingerprint density at radius 3 is 0.816 bits per heavy atom. The van der Waals surface area contributed by atoms with Gasteiger partial charge in [-0.15, -0.1) is 0 Å². The van der Waals surface area contributed by atoms with Crippen molar-refractivity contribution in [1.82, 2.24) is 0 Å². The number of allylic oxidation sites excluding steroid dienone is 12. The van der Waals surface area contributed by atoms with E-state index in [1.54, 1.807) is 0 Å². The van der Waals surface area contributed by atoms with Crippen LogP contribution in [0.2, 0.25) is 0 Å². The average molecular weight is 1060 g/mol. The van der Waals surface area contributed by atoms with E-state index in [1.807, 2.05) is 0 Å². The summed E-state index contributed by atoms with van der Waals surface area (Å²) in [7, 11) is 0. The number of ether oxygens (including phenoxy) is 3. The van der Waals surface area contributed by atoms with Crippen LogP contribution in [0.4, 0.5) is 0 Å². The van der Waals surface area contributed by atoms with E-state index in [0.29, 0.717) is 19.3 Å². The third kappa shape index (κ3) is 61.7. The van der Waals surface area contributed by atoms with Gasteiger partial charge in [0.1, 0.15) is 13.2 Å². The molecule has 0 N–H and O–H groups in total. The summed E-state index contributed by atoms with van der Waals surface area (Å²) >= 11 is 0. The second-order valence-corrected chi connectivity index (χ2v) is 22.0. The summed E-state index contributed by atoms with van der Waals surface area (Å²) in [5.74, 6) is -0.873. The largest absolute Gasteiger partial charge is 0.462 e. The third-order valence-corrected chi connectivity index (χ3v) is 14.4. The maximum Gasteiger partial charge on any atom is 0.306 e. The Morgan fingerprint density at radius 2 is 0.513 bits per heavy atom. The molecule has 0 amide bonds. The summed E-state index contributed by atoms with van der Waals surface area (Å²) in [6.07, 6.45) is 83.5. The van der Waals surface area contributed by atoms with Gasteiger partial charge in [0.15, 0.2) is 6.10 Å². The normalized spacial score (nSPS) is 12.5. The number of unbranched alkanes of at least 4 members (excludes halogenated alkanes) is 37. The number of esters is 3. The summed E-state index contributed by atoms with van der Waals surface area (Å²) in [4.78, 5) is 38.2. The lowest BCUT2D eigenvalue weighted by atomic mass is 10.0. The zero-order valence-electron chi connectivity index (χ0n) is 50.5. The Hall–Kier alpha value is -3.15. The van der Waals surface area contributed by atoms with Crippen molar-refractivity contribution in [1.29, 1.82) is 0 Å². The van der Waals surface area contributed by atoms with Gasteiger partial charge < -0.3 is 14.2 Å². The molecule has 1 atom stereocenters. The van der Waals surface area contributed by atoms with Crippen LogP contribution < -0.4 is 0 Å². The molecule has 6 nitrogen and oxygen atoms in total. The van der Waals surface area contributed by atoms with Gasteiger partial charge in [-0.05, 0) is 89.9 Å². The molecular formula is C70H124O6. The molecule has 0 saturated heterocycles. The monoisotopic (exact) mass is 1060 g/mol. The van der Waals surface area contributed by atoms with Crippen molar-refractivity contribution in [2.24, 2.45) is 0 Å². The number of hydrogen-bond donors (Lipinski definition) is 0. The highest BCUT2D eigenvalue weighted by molar-refractivity contribution is 5.71. The topological polar surface area (TPSA) is 78.9 Å². The molecule has 0 bridgehead atoms. The van der Waals surface area contributed by atoms with Gasteiger partial charge in [0.2, 0.25) is 0 Å². The Bertz CT molecular complexity index is 1400. The second-order valence-electron chi connectivity index (χ2n) is 22.0. The van der Waals surface area contributed by atoms with E-state index in [4.69, 9.17) is 14.2 Å². The van der Waals surface area contributed by atoms with Crippen LogP contribution in [0.15, 0.2) is 72.9 Å². The van der Waals surface area contributed by atoms with Gasteiger partial charge in [-0.3, -0.25) is 14.4 Å². The van der Waals surface area contributed by atoms with Crippen LogP contribution in [0.25, 0.3) is 0 Å². The summed E-state index contributed by atoms with van der Waals surface area (Å²) in [5, 5.41) is 0. The molecule has 0 rings (SSSR count). The Kier molecular flexibility index (Phi) is 61.7. The van der Waals surface area contributed by atoms with Crippen LogP contribution >= 0.6 is 0 Å². The Labute approximate surface area is 472 Å². The van der Waals surface area contributed by atoms with E-state index in [-0.39, 0.29) is 31.1 Å². The van der Waals surface area contributed by atoms with Crippen molar-refractivity contribution >= 4 is 17.9 Å². The molecule has 0 aromatic rings. The van der Waals surface area contributed by atoms with E-state index in [0.717, 1.165) is 109 Å². The molecule has 0 aliphatic carbocycles. The molecule has 1 unspecified atom stereocenters. The first-order valence-corrected chi connectivity index (χ1v) is 32.9. The lowest BCUT2D eigenvalue weighted by Gasteiger charge is -2.18. The molecule has 6 heteroatoms. The SMILES string of the molecule is CC/C=C\C/C=C\C/C=C\C/C=C\CCCCCCCCCCCCCCCCCCCCC(=O)OCC(COC(=O)CCCCCCCCCCCCC)OC(=O)CCCCCCC/C=C\C/C=C\CCCCCC. The van der Waals surface area contributed by atoms with E-state index >= 15 is 0 Å². The van der Waals surface area contributed by atoms with Crippen LogP contribution in [-0.4, -0.2) is 37.2 Å². The zero-order valence-corrected chi connectivity index (χ0v) is 50.5. The summed E-state index contributed by atoms with van der Waals surface area (Å²) in [6.45, 7) is 6.53. The van der Waals surface area contributed by atoms with Crippen molar-refractivity contribution < 1.29 is 28.6 Å². The molecule has 0 saturated carbocycles. The summed E-state index contributed by atoms with van der Waals surface area (Å²) < 4.78 is 16.9. The quantitative estimate of drug-likeness (QED) is 0.0261. The van der Waals surface area contributed by atoms with Gasteiger partial charge in [-0.1, -0.05) is 299 Å². The van der Waals surface area contributed by atoms with Crippen LogP contribution in [0.5, 0.6) is 0 Å². The van der Waals surface area contributed by atoms with Crippen molar-refractivity contribution in [3.05, 3.63) is 72.9 Å². The number of rotatable bonds is 60. The molecule has 0 spiro atoms. The molecule has 0 radical (unpaired) electrons. The number of carbonyl (C=O) groups is 3. The standard InChI is InChI=1S/C70H124O6/c1-4-7-10-13-16-19-22-24-26-28-29-30-31-32-33-34-35-36-37-38-39-40-41-42-44-45-48-51-54-57-60-63-69(72)75-66-67(65-74-68(71)62-59-56-53-50-47-21-18-15-12-9-6-3)76-70(73)64-61-58-55-52-49-46-43-27-25-23-20-17-14-11-8-5-2/h7,10,16,19-20,23-24,26-27,29-30,43,67H,4-6,8-9,11-15,17-18,21-22,25,28,31-42,44-66H2,1-3H3/b10-7-,19-16-,23-20-,26-24-,30-29-,43-27-. The lowest BCUT2D eigenvalue weighted by Crippen LogP contribution is -2.30. The molecule has 0 aliphatic heterocycles. The van der Waals surface area contributed by atoms with E-state index in [9.17, 15) is 14.4 Å². The number of hydrogen-bond acceptors (Lipinski definition) is 6. The Balaban J connectivity index is 4.14. The van der Waals surface area contributed by atoms with Gasteiger partial charge in [0.05, 0.1) is 0 Å². The molecule has 0 aromatic heterocycles. The molecule has 440 valence electrons. The van der Waals surface area contributed by atoms with E-state index < -0.39 is 6.10 Å². The first-order chi connectivity index (χ1) is 37.5. The van der Waals surface area contributed by atoms with Gasteiger partial charge in [-0.25, -0.2) is 0 Å². The second kappa shape index (κ2) is 64.4. The fourth-order valence-corrected chi connectivity index (χ4v) is 9.53. The highest BCUT2D eigenvalue weighted by Gasteiger charge is 2.19. The molecule has 0 fully saturated rings. The zero-order chi connectivity index (χ0) is 55.0. The van der Waals surface area contributed by atoms with E-state index in [2.05, 4.69) is 93.7 Å². The van der Waals surface area contributed by atoms with Gasteiger partial charge >= 0.3 is 17.9 Å². The predicted octanol–water partition coefficient (Wildman–Crippen LogP) is 22.5. The minimum absolute atomic E-state index is 0.0759.